The zero-order valence-electron chi connectivity index (χ0n) is 14.7. The van der Waals surface area contributed by atoms with Gasteiger partial charge in [0.1, 0.15) is 12.1 Å². The first-order chi connectivity index (χ1) is 12.5. The summed E-state index contributed by atoms with van der Waals surface area (Å²) in [6, 6.07) is 7.03. The summed E-state index contributed by atoms with van der Waals surface area (Å²) in [4.78, 5) is 11.3. The Morgan fingerprint density at radius 2 is 1.69 bits per heavy atom. The Balaban J connectivity index is 1.54. The molecule has 0 N–H and O–H groups in total. The van der Waals surface area contributed by atoms with Crippen LogP contribution in [-0.4, -0.2) is 48.9 Å². The molecule has 0 amide bonds. The first kappa shape index (κ1) is 17.4. The zero-order valence-corrected chi connectivity index (χ0v) is 16.3. The van der Waals surface area contributed by atoms with Crippen molar-refractivity contribution in [1.82, 2.24) is 14.3 Å². The molecule has 1 saturated heterocycles. The largest absolute Gasteiger partial charge is 0.353 e. The van der Waals surface area contributed by atoms with Crippen LogP contribution in [0.5, 0.6) is 0 Å². The number of rotatable bonds is 3. The molecule has 6 nitrogen and oxygen atoms in total. The molecule has 0 unspecified atom stereocenters. The van der Waals surface area contributed by atoms with Crippen molar-refractivity contribution in [3.8, 4) is 0 Å². The first-order valence-electron chi connectivity index (χ1n) is 8.47. The van der Waals surface area contributed by atoms with Crippen molar-refractivity contribution in [2.45, 2.75) is 18.7 Å². The van der Waals surface area contributed by atoms with Crippen LogP contribution in [0.25, 0.3) is 10.2 Å². The van der Waals surface area contributed by atoms with Crippen LogP contribution in [0, 0.1) is 13.8 Å². The van der Waals surface area contributed by atoms with E-state index in [4.69, 9.17) is 0 Å². The lowest BCUT2D eigenvalue weighted by Gasteiger charge is -2.34. The van der Waals surface area contributed by atoms with Crippen molar-refractivity contribution in [2.75, 3.05) is 31.1 Å². The second-order valence-corrected chi connectivity index (χ2v) is 9.32. The Labute approximate surface area is 157 Å². The lowest BCUT2D eigenvalue weighted by molar-refractivity contribution is 0.384. The fourth-order valence-electron chi connectivity index (χ4n) is 3.18. The van der Waals surface area contributed by atoms with Crippen LogP contribution in [0.3, 0.4) is 0 Å². The van der Waals surface area contributed by atoms with Crippen LogP contribution < -0.4 is 4.90 Å². The normalized spacial score (nSPS) is 16.3. The van der Waals surface area contributed by atoms with E-state index in [9.17, 15) is 8.42 Å². The number of piperazine rings is 1. The number of hydrogen-bond donors (Lipinski definition) is 0. The standard InChI is InChI=1S/C18H20N4O2S2/c1-13-3-5-15(6-4-13)26(23,24)22-9-7-21(8-10-22)18-17-16(19-12-20-18)14(2)11-25-17/h3-6,11-12H,7-10H2,1-2H3. The summed E-state index contributed by atoms with van der Waals surface area (Å²) >= 11 is 1.64. The Morgan fingerprint density at radius 1 is 1.00 bits per heavy atom. The molecule has 0 atom stereocenters. The van der Waals surface area contributed by atoms with E-state index >= 15 is 0 Å². The summed E-state index contributed by atoms with van der Waals surface area (Å²) in [6.07, 6.45) is 1.59. The molecule has 136 valence electrons. The van der Waals surface area contributed by atoms with Crippen molar-refractivity contribution in [2.24, 2.45) is 0 Å². The fraction of sp³-hybridized carbons (Fsp3) is 0.333. The van der Waals surface area contributed by atoms with Crippen LogP contribution in [0.4, 0.5) is 5.82 Å². The second kappa shape index (κ2) is 6.61. The summed E-state index contributed by atoms with van der Waals surface area (Å²) in [5.74, 6) is 0.903. The van der Waals surface area contributed by atoms with E-state index in [2.05, 4.69) is 20.2 Å². The van der Waals surface area contributed by atoms with Crippen molar-refractivity contribution in [1.29, 1.82) is 0 Å². The predicted octanol–water partition coefficient (Wildman–Crippen LogP) is 2.82. The Hall–Kier alpha value is -2.03. The molecule has 0 bridgehead atoms. The van der Waals surface area contributed by atoms with Crippen molar-refractivity contribution < 1.29 is 8.42 Å². The van der Waals surface area contributed by atoms with Crippen LogP contribution in [-0.2, 0) is 10.0 Å². The van der Waals surface area contributed by atoms with Gasteiger partial charge in [-0.05, 0) is 36.9 Å². The topological polar surface area (TPSA) is 66.4 Å². The van der Waals surface area contributed by atoms with Gasteiger partial charge in [0.2, 0.25) is 10.0 Å². The highest BCUT2D eigenvalue weighted by Gasteiger charge is 2.29. The summed E-state index contributed by atoms with van der Waals surface area (Å²) < 4.78 is 28.3. The summed E-state index contributed by atoms with van der Waals surface area (Å²) in [5, 5.41) is 2.08. The highest BCUT2D eigenvalue weighted by Crippen LogP contribution is 2.31. The quantitative estimate of drug-likeness (QED) is 0.690. The zero-order chi connectivity index (χ0) is 18.3. The van der Waals surface area contributed by atoms with Gasteiger partial charge in [0.15, 0.2) is 0 Å². The fourth-order valence-corrected chi connectivity index (χ4v) is 5.62. The monoisotopic (exact) mass is 388 g/mol. The average Bonchev–Trinajstić information content (AvgIpc) is 3.03. The minimum Gasteiger partial charge on any atom is -0.353 e. The molecule has 0 aliphatic carbocycles. The Morgan fingerprint density at radius 3 is 2.38 bits per heavy atom. The molecule has 1 aliphatic heterocycles. The number of anilines is 1. The number of sulfonamides is 1. The average molecular weight is 389 g/mol. The number of hydrogen-bond acceptors (Lipinski definition) is 6. The predicted molar refractivity (Wildman–Crippen MR) is 104 cm³/mol. The van der Waals surface area contributed by atoms with E-state index in [1.54, 1.807) is 34.1 Å². The van der Waals surface area contributed by atoms with Gasteiger partial charge in [-0.3, -0.25) is 0 Å². The van der Waals surface area contributed by atoms with E-state index in [1.807, 2.05) is 26.0 Å². The van der Waals surface area contributed by atoms with Gasteiger partial charge in [-0.15, -0.1) is 11.3 Å². The van der Waals surface area contributed by atoms with Gasteiger partial charge in [-0.25, -0.2) is 18.4 Å². The van der Waals surface area contributed by atoms with Gasteiger partial charge in [-0.2, -0.15) is 4.31 Å². The van der Waals surface area contributed by atoms with Gasteiger partial charge >= 0.3 is 0 Å². The maximum atomic E-state index is 12.8. The second-order valence-electron chi connectivity index (χ2n) is 6.50. The number of benzene rings is 1. The van der Waals surface area contributed by atoms with Gasteiger partial charge in [0, 0.05) is 26.2 Å². The number of thiophene rings is 1. The summed E-state index contributed by atoms with van der Waals surface area (Å²) in [7, 11) is -3.45. The first-order valence-corrected chi connectivity index (χ1v) is 10.8. The van der Waals surface area contributed by atoms with Crippen molar-refractivity contribution in [3.63, 3.8) is 0 Å². The number of aryl methyl sites for hydroxylation is 2. The maximum Gasteiger partial charge on any atom is 0.243 e. The van der Waals surface area contributed by atoms with E-state index in [1.165, 1.54) is 0 Å². The maximum absolute atomic E-state index is 12.8. The lowest BCUT2D eigenvalue weighted by atomic mass is 10.2. The number of fused-ring (bicyclic) bond motifs is 1. The lowest BCUT2D eigenvalue weighted by Crippen LogP contribution is -2.48. The number of nitrogens with zero attached hydrogens (tertiary/aromatic N) is 4. The van der Waals surface area contributed by atoms with E-state index < -0.39 is 10.0 Å². The SMILES string of the molecule is Cc1ccc(S(=O)(=O)N2CCN(c3ncnc4c(C)csc34)CC2)cc1. The molecule has 4 rings (SSSR count). The van der Waals surface area contributed by atoms with E-state index in [-0.39, 0.29) is 0 Å². The van der Waals surface area contributed by atoms with Gasteiger partial charge < -0.3 is 4.90 Å². The third-order valence-electron chi connectivity index (χ3n) is 4.71. The Bertz CT molecular complexity index is 1040. The molecule has 1 fully saturated rings. The minimum atomic E-state index is -3.45. The van der Waals surface area contributed by atoms with Crippen LogP contribution in [0.15, 0.2) is 40.9 Å². The highest BCUT2D eigenvalue weighted by molar-refractivity contribution is 7.89. The molecule has 1 aromatic carbocycles. The minimum absolute atomic E-state index is 0.356. The molecule has 26 heavy (non-hydrogen) atoms. The molecular formula is C18H20N4O2S2. The molecule has 0 radical (unpaired) electrons. The van der Waals surface area contributed by atoms with Crippen LogP contribution >= 0.6 is 11.3 Å². The Kier molecular flexibility index (Phi) is 4.42. The third-order valence-corrected chi connectivity index (χ3v) is 7.70. The molecule has 3 heterocycles. The van der Waals surface area contributed by atoms with Crippen molar-refractivity contribution >= 4 is 37.4 Å². The third kappa shape index (κ3) is 2.98. The summed E-state index contributed by atoms with van der Waals surface area (Å²) in [5.41, 5.74) is 3.18. The van der Waals surface area contributed by atoms with E-state index in [0.29, 0.717) is 31.1 Å². The van der Waals surface area contributed by atoms with Crippen molar-refractivity contribution in [3.05, 3.63) is 47.1 Å². The molecule has 0 saturated carbocycles. The molecule has 1 aliphatic rings. The highest BCUT2D eigenvalue weighted by atomic mass is 32.2. The molecule has 8 heteroatoms. The molecule has 2 aromatic heterocycles. The van der Waals surface area contributed by atoms with Crippen LogP contribution in [0.1, 0.15) is 11.1 Å². The number of aromatic nitrogens is 2. The van der Waals surface area contributed by atoms with Gasteiger partial charge in [0.05, 0.1) is 15.1 Å². The smallest absolute Gasteiger partial charge is 0.243 e. The van der Waals surface area contributed by atoms with Crippen LogP contribution in [0.2, 0.25) is 0 Å². The van der Waals surface area contributed by atoms with Gasteiger partial charge in [0.25, 0.3) is 0 Å². The summed E-state index contributed by atoms with van der Waals surface area (Å²) in [6.45, 7) is 6.13. The van der Waals surface area contributed by atoms with Gasteiger partial charge in [-0.1, -0.05) is 17.7 Å². The van der Waals surface area contributed by atoms with E-state index in [0.717, 1.165) is 27.2 Å². The molecule has 3 aromatic rings. The molecule has 0 spiro atoms. The molecular weight excluding hydrogens is 368 g/mol.